The molecule has 1 aromatic rings. The lowest BCUT2D eigenvalue weighted by Gasteiger charge is -2.26. The van der Waals surface area contributed by atoms with Crippen molar-refractivity contribution in [2.24, 2.45) is 5.92 Å². The summed E-state index contributed by atoms with van der Waals surface area (Å²) in [6, 6.07) is 6.05. The maximum absolute atomic E-state index is 11.9. The molecule has 1 atom stereocenters. The smallest absolute Gasteiger partial charge is 0.269 e. The fourth-order valence-corrected chi connectivity index (χ4v) is 2.93. The Bertz CT molecular complexity index is 527. The van der Waals surface area contributed by atoms with Gasteiger partial charge >= 0.3 is 0 Å². The zero-order valence-corrected chi connectivity index (χ0v) is 12.5. The lowest BCUT2D eigenvalue weighted by Crippen LogP contribution is -2.37. The monoisotopic (exact) mass is 306 g/mol. The first kappa shape index (κ1) is 16.4. The molecule has 0 bridgehead atoms. The van der Waals surface area contributed by atoms with E-state index >= 15 is 0 Å². The first-order chi connectivity index (χ1) is 10.6. The number of nitro benzene ring substituents is 1. The Morgan fingerprint density at radius 1 is 1.36 bits per heavy atom. The Morgan fingerprint density at radius 2 is 2.09 bits per heavy atom. The van der Waals surface area contributed by atoms with Gasteiger partial charge in [-0.1, -0.05) is 31.4 Å². The minimum atomic E-state index is -0.505. The number of benzene rings is 1. The average Bonchev–Trinajstić information content (AvgIpc) is 2.53. The molecule has 0 unspecified atom stereocenters. The Hall–Kier alpha value is -1.95. The normalized spacial score (nSPS) is 17.0. The molecular weight excluding hydrogens is 284 g/mol. The number of carbonyl (C=O) groups excluding carboxylic acids is 1. The van der Waals surface area contributed by atoms with E-state index in [4.69, 9.17) is 0 Å². The minimum absolute atomic E-state index is 0.0208. The maximum Gasteiger partial charge on any atom is 0.269 e. The Morgan fingerprint density at radius 3 is 2.77 bits per heavy atom. The molecule has 0 radical (unpaired) electrons. The molecule has 2 N–H and O–H groups in total. The van der Waals surface area contributed by atoms with Gasteiger partial charge in [0.1, 0.15) is 0 Å². The highest BCUT2D eigenvalue weighted by molar-refractivity contribution is 5.78. The molecule has 0 heterocycles. The SMILES string of the molecule is O=C(Cc1cccc([N+](=O)[O-])c1)NC[C@H](O)C1CCCCC1. The maximum atomic E-state index is 11.9. The molecule has 1 fully saturated rings. The standard InChI is InChI=1S/C16H22N2O4/c19-15(13-6-2-1-3-7-13)11-17-16(20)10-12-5-4-8-14(9-12)18(21)22/h4-5,8-9,13,15,19H,1-3,6-7,10-11H2,(H,17,20)/t15-/m0/s1. The first-order valence-corrected chi connectivity index (χ1v) is 7.74. The van der Waals surface area contributed by atoms with Gasteiger partial charge in [-0.05, 0) is 24.3 Å². The van der Waals surface area contributed by atoms with Gasteiger partial charge in [-0.2, -0.15) is 0 Å². The minimum Gasteiger partial charge on any atom is -0.391 e. The van der Waals surface area contributed by atoms with Gasteiger partial charge in [-0.25, -0.2) is 0 Å². The zero-order chi connectivity index (χ0) is 15.9. The summed E-state index contributed by atoms with van der Waals surface area (Å²) in [5, 5.41) is 23.5. The summed E-state index contributed by atoms with van der Waals surface area (Å²) in [6.45, 7) is 0.248. The van der Waals surface area contributed by atoms with Crippen molar-refractivity contribution >= 4 is 11.6 Å². The molecule has 0 saturated heterocycles. The molecule has 2 rings (SSSR count). The zero-order valence-electron chi connectivity index (χ0n) is 12.5. The number of hydrogen-bond acceptors (Lipinski definition) is 4. The van der Waals surface area contributed by atoms with Gasteiger partial charge in [-0.15, -0.1) is 0 Å². The van der Waals surface area contributed by atoms with Crippen LogP contribution in [0.4, 0.5) is 5.69 Å². The summed E-state index contributed by atoms with van der Waals surface area (Å²) in [6.07, 6.45) is 5.12. The van der Waals surface area contributed by atoms with Gasteiger partial charge in [0.05, 0.1) is 17.4 Å². The van der Waals surface area contributed by atoms with Crippen LogP contribution in [0, 0.1) is 16.0 Å². The summed E-state index contributed by atoms with van der Waals surface area (Å²) >= 11 is 0. The van der Waals surface area contributed by atoms with Gasteiger partial charge < -0.3 is 10.4 Å². The van der Waals surface area contributed by atoms with Crippen LogP contribution in [-0.4, -0.2) is 28.6 Å². The molecule has 120 valence electrons. The van der Waals surface area contributed by atoms with Crippen molar-refractivity contribution in [1.82, 2.24) is 5.32 Å². The number of non-ortho nitro benzene ring substituents is 1. The van der Waals surface area contributed by atoms with Gasteiger partial charge in [0, 0.05) is 18.7 Å². The molecule has 1 saturated carbocycles. The van der Waals surface area contributed by atoms with Crippen LogP contribution in [0.1, 0.15) is 37.7 Å². The van der Waals surface area contributed by atoms with E-state index in [0.29, 0.717) is 5.56 Å². The van der Waals surface area contributed by atoms with E-state index in [1.165, 1.54) is 18.6 Å². The fraction of sp³-hybridized carbons (Fsp3) is 0.562. The second-order valence-electron chi connectivity index (χ2n) is 5.87. The predicted molar refractivity (Wildman–Crippen MR) is 82.4 cm³/mol. The molecular formula is C16H22N2O4. The number of amides is 1. The molecule has 1 amide bonds. The van der Waals surface area contributed by atoms with E-state index in [-0.39, 0.29) is 30.5 Å². The van der Waals surface area contributed by atoms with Crippen molar-refractivity contribution in [3.8, 4) is 0 Å². The molecule has 6 nitrogen and oxygen atoms in total. The van der Waals surface area contributed by atoms with E-state index in [0.717, 1.165) is 25.7 Å². The molecule has 1 aromatic carbocycles. The van der Waals surface area contributed by atoms with Gasteiger partial charge in [0.2, 0.25) is 5.91 Å². The first-order valence-electron chi connectivity index (χ1n) is 7.74. The molecule has 22 heavy (non-hydrogen) atoms. The topological polar surface area (TPSA) is 92.5 Å². The number of nitro groups is 1. The van der Waals surface area contributed by atoms with Crippen LogP contribution in [0.25, 0.3) is 0 Å². The van der Waals surface area contributed by atoms with Crippen LogP contribution in [0.5, 0.6) is 0 Å². The van der Waals surface area contributed by atoms with Gasteiger partial charge in [0.15, 0.2) is 0 Å². The van der Waals surface area contributed by atoms with E-state index in [9.17, 15) is 20.0 Å². The number of carbonyl (C=O) groups is 1. The summed E-state index contributed by atoms with van der Waals surface area (Å²) in [5.74, 6) is 0.0437. The summed E-state index contributed by atoms with van der Waals surface area (Å²) < 4.78 is 0. The molecule has 0 aromatic heterocycles. The fourth-order valence-electron chi connectivity index (χ4n) is 2.93. The molecule has 1 aliphatic rings. The van der Waals surface area contributed by atoms with E-state index in [1.807, 2.05) is 0 Å². The van der Waals surface area contributed by atoms with Crippen LogP contribution in [0.3, 0.4) is 0 Å². The summed E-state index contributed by atoms with van der Waals surface area (Å²) in [7, 11) is 0. The highest BCUT2D eigenvalue weighted by Gasteiger charge is 2.22. The molecule has 6 heteroatoms. The van der Waals surface area contributed by atoms with Crippen LogP contribution in [-0.2, 0) is 11.2 Å². The van der Waals surface area contributed by atoms with Crippen LogP contribution >= 0.6 is 0 Å². The molecule has 1 aliphatic carbocycles. The van der Waals surface area contributed by atoms with Crippen molar-refractivity contribution in [2.75, 3.05) is 6.54 Å². The third kappa shape index (κ3) is 4.80. The molecule has 0 aliphatic heterocycles. The largest absolute Gasteiger partial charge is 0.391 e. The lowest BCUT2D eigenvalue weighted by molar-refractivity contribution is -0.384. The Labute approximate surface area is 129 Å². The van der Waals surface area contributed by atoms with Crippen molar-refractivity contribution in [1.29, 1.82) is 0 Å². The van der Waals surface area contributed by atoms with E-state index in [2.05, 4.69) is 5.32 Å². The highest BCUT2D eigenvalue weighted by Crippen LogP contribution is 2.26. The number of nitrogens with one attached hydrogen (secondary N) is 1. The van der Waals surface area contributed by atoms with Crippen molar-refractivity contribution in [3.63, 3.8) is 0 Å². The quantitative estimate of drug-likeness (QED) is 0.622. The third-order valence-corrected chi connectivity index (χ3v) is 4.19. The number of aliphatic hydroxyl groups excluding tert-OH is 1. The number of hydrogen-bond donors (Lipinski definition) is 2. The second kappa shape index (κ2) is 7.89. The lowest BCUT2D eigenvalue weighted by atomic mass is 9.85. The summed E-state index contributed by atoms with van der Waals surface area (Å²) in [5.41, 5.74) is 0.575. The van der Waals surface area contributed by atoms with E-state index in [1.54, 1.807) is 12.1 Å². The second-order valence-corrected chi connectivity index (χ2v) is 5.87. The van der Waals surface area contributed by atoms with E-state index < -0.39 is 11.0 Å². The number of nitrogens with zero attached hydrogens (tertiary/aromatic N) is 1. The Balaban J connectivity index is 1.80. The average molecular weight is 306 g/mol. The Kier molecular flexibility index (Phi) is 5.89. The highest BCUT2D eigenvalue weighted by atomic mass is 16.6. The number of aliphatic hydroxyl groups is 1. The van der Waals surface area contributed by atoms with Crippen molar-refractivity contribution in [3.05, 3.63) is 39.9 Å². The summed E-state index contributed by atoms with van der Waals surface area (Å²) in [4.78, 5) is 22.1. The van der Waals surface area contributed by atoms with Gasteiger partial charge in [0.25, 0.3) is 5.69 Å². The van der Waals surface area contributed by atoms with Gasteiger partial charge in [-0.3, -0.25) is 14.9 Å². The van der Waals surface area contributed by atoms with Crippen LogP contribution in [0.2, 0.25) is 0 Å². The predicted octanol–water partition coefficient (Wildman–Crippen LogP) is 2.19. The van der Waals surface area contributed by atoms with Crippen molar-refractivity contribution in [2.45, 2.75) is 44.6 Å². The van der Waals surface area contributed by atoms with Crippen LogP contribution in [0.15, 0.2) is 24.3 Å². The third-order valence-electron chi connectivity index (χ3n) is 4.19. The van der Waals surface area contributed by atoms with Crippen molar-refractivity contribution < 1.29 is 14.8 Å². The number of rotatable bonds is 6. The molecule has 0 spiro atoms. The van der Waals surface area contributed by atoms with Crippen LogP contribution < -0.4 is 5.32 Å².